The Hall–Kier alpha value is -1.10. The normalized spacial score (nSPS) is 12.4. The summed E-state index contributed by atoms with van der Waals surface area (Å²) in [5.41, 5.74) is 1.24. The lowest BCUT2D eigenvalue weighted by Gasteiger charge is -2.13. The van der Waals surface area contributed by atoms with Crippen molar-refractivity contribution in [2.24, 2.45) is 0 Å². The Kier molecular flexibility index (Phi) is 7.41. The van der Waals surface area contributed by atoms with E-state index in [0.717, 1.165) is 25.2 Å². The van der Waals surface area contributed by atoms with Crippen LogP contribution in [0.1, 0.15) is 12.0 Å². The van der Waals surface area contributed by atoms with Gasteiger partial charge in [-0.15, -0.1) is 0 Å². The zero-order valence-corrected chi connectivity index (χ0v) is 11.2. The molecule has 0 heterocycles. The Morgan fingerprint density at radius 2 is 1.94 bits per heavy atom. The highest BCUT2D eigenvalue weighted by molar-refractivity contribution is 5.27. The molecule has 18 heavy (non-hydrogen) atoms. The van der Waals surface area contributed by atoms with Crippen molar-refractivity contribution in [2.75, 3.05) is 34.0 Å². The van der Waals surface area contributed by atoms with E-state index < -0.39 is 0 Å². The van der Waals surface area contributed by atoms with Crippen molar-refractivity contribution in [3.8, 4) is 5.75 Å². The van der Waals surface area contributed by atoms with Crippen LogP contribution >= 0.6 is 0 Å². The van der Waals surface area contributed by atoms with E-state index in [1.54, 1.807) is 7.11 Å². The number of ether oxygens (including phenoxy) is 2. The highest BCUT2D eigenvalue weighted by Gasteiger charge is 2.03. The quantitative estimate of drug-likeness (QED) is 0.695. The summed E-state index contributed by atoms with van der Waals surface area (Å²) < 4.78 is 10.6. The molecule has 1 aromatic carbocycles. The van der Waals surface area contributed by atoms with E-state index in [4.69, 9.17) is 14.6 Å². The van der Waals surface area contributed by atoms with E-state index in [9.17, 15) is 0 Å². The maximum Gasteiger partial charge on any atom is 0.119 e. The summed E-state index contributed by atoms with van der Waals surface area (Å²) in [6.07, 6.45) is 1.71. The van der Waals surface area contributed by atoms with Gasteiger partial charge in [0.05, 0.1) is 19.8 Å². The fourth-order valence-corrected chi connectivity index (χ4v) is 1.62. The first-order valence-electron chi connectivity index (χ1n) is 6.29. The lowest BCUT2D eigenvalue weighted by Crippen LogP contribution is -2.30. The second-order valence-electron chi connectivity index (χ2n) is 4.19. The molecule has 1 rings (SSSR count). The molecule has 0 amide bonds. The van der Waals surface area contributed by atoms with Crippen molar-refractivity contribution in [1.29, 1.82) is 0 Å². The van der Waals surface area contributed by atoms with Crippen molar-refractivity contribution in [3.63, 3.8) is 0 Å². The molecule has 0 spiro atoms. The second kappa shape index (κ2) is 8.91. The van der Waals surface area contributed by atoms with Crippen LogP contribution < -0.4 is 10.1 Å². The van der Waals surface area contributed by atoms with E-state index in [-0.39, 0.29) is 12.6 Å². The van der Waals surface area contributed by atoms with Gasteiger partial charge in [0.25, 0.3) is 0 Å². The lowest BCUT2D eigenvalue weighted by molar-refractivity contribution is 0.202. The zero-order chi connectivity index (χ0) is 13.2. The summed E-state index contributed by atoms with van der Waals surface area (Å²) in [6, 6.07) is 8.15. The van der Waals surface area contributed by atoms with Crippen LogP contribution in [0.5, 0.6) is 5.75 Å². The highest BCUT2D eigenvalue weighted by Crippen LogP contribution is 2.13. The van der Waals surface area contributed by atoms with E-state index in [2.05, 4.69) is 17.4 Å². The van der Waals surface area contributed by atoms with E-state index in [1.807, 2.05) is 19.2 Å². The Morgan fingerprint density at radius 3 is 2.50 bits per heavy atom. The molecule has 0 aliphatic rings. The number of hydrogen-bond acceptors (Lipinski definition) is 4. The molecule has 2 N–H and O–H groups in total. The number of rotatable bonds is 9. The summed E-state index contributed by atoms with van der Waals surface area (Å²) in [5, 5.41) is 12.0. The molecule has 0 bridgehead atoms. The minimum absolute atomic E-state index is 0.103. The van der Waals surface area contributed by atoms with Gasteiger partial charge in [0.15, 0.2) is 0 Å². The summed E-state index contributed by atoms with van der Waals surface area (Å²) >= 11 is 0. The van der Waals surface area contributed by atoms with Crippen molar-refractivity contribution >= 4 is 0 Å². The summed E-state index contributed by atoms with van der Waals surface area (Å²) in [5.74, 6) is 0.865. The van der Waals surface area contributed by atoms with Gasteiger partial charge in [0.1, 0.15) is 5.75 Å². The standard InChI is InChI=1S/C14H23NO3/c1-15-13(11-16)8-10-18-14-5-3-12(4-6-14)7-9-17-2/h3-6,13,15-16H,7-11H2,1-2H3. The van der Waals surface area contributed by atoms with E-state index in [1.165, 1.54) is 5.56 Å². The first-order chi connectivity index (χ1) is 8.80. The first kappa shape index (κ1) is 15.0. The van der Waals surface area contributed by atoms with Crippen LogP contribution in [0.3, 0.4) is 0 Å². The van der Waals surface area contributed by atoms with Gasteiger partial charge in [-0.25, -0.2) is 0 Å². The number of benzene rings is 1. The van der Waals surface area contributed by atoms with Crippen molar-refractivity contribution < 1.29 is 14.6 Å². The molecule has 0 aliphatic heterocycles. The third kappa shape index (κ3) is 5.49. The van der Waals surface area contributed by atoms with Gasteiger partial charge in [0.2, 0.25) is 0 Å². The number of aliphatic hydroxyl groups excluding tert-OH is 1. The Morgan fingerprint density at radius 1 is 1.22 bits per heavy atom. The topological polar surface area (TPSA) is 50.7 Å². The third-order valence-corrected chi connectivity index (χ3v) is 2.88. The fraction of sp³-hybridized carbons (Fsp3) is 0.571. The zero-order valence-electron chi connectivity index (χ0n) is 11.2. The summed E-state index contributed by atoms with van der Waals surface area (Å²) in [7, 11) is 3.54. The van der Waals surface area contributed by atoms with Gasteiger partial charge in [-0.2, -0.15) is 0 Å². The first-order valence-corrected chi connectivity index (χ1v) is 6.29. The molecule has 0 radical (unpaired) electrons. The molecule has 4 heteroatoms. The number of likely N-dealkylation sites (N-methyl/N-ethyl adjacent to an activating group) is 1. The molecule has 102 valence electrons. The SMILES string of the molecule is CNC(CO)CCOc1ccc(CCOC)cc1. The van der Waals surface area contributed by atoms with Gasteiger partial charge in [-0.3, -0.25) is 0 Å². The molecule has 1 atom stereocenters. The van der Waals surface area contributed by atoms with Crippen LogP contribution in [-0.4, -0.2) is 45.1 Å². The molecular formula is C14H23NO3. The van der Waals surface area contributed by atoms with Crippen LogP contribution in [-0.2, 0) is 11.2 Å². The summed E-state index contributed by atoms with van der Waals surface area (Å²) in [6.45, 7) is 1.47. The fourth-order valence-electron chi connectivity index (χ4n) is 1.62. The maximum absolute atomic E-state index is 9.01. The Labute approximate surface area is 109 Å². The lowest BCUT2D eigenvalue weighted by atomic mass is 10.1. The van der Waals surface area contributed by atoms with Crippen LogP contribution in [0.25, 0.3) is 0 Å². The van der Waals surface area contributed by atoms with Gasteiger partial charge >= 0.3 is 0 Å². The van der Waals surface area contributed by atoms with E-state index >= 15 is 0 Å². The van der Waals surface area contributed by atoms with Crippen molar-refractivity contribution in [1.82, 2.24) is 5.32 Å². The molecule has 1 unspecified atom stereocenters. The van der Waals surface area contributed by atoms with Crippen molar-refractivity contribution in [3.05, 3.63) is 29.8 Å². The predicted molar refractivity (Wildman–Crippen MR) is 72.1 cm³/mol. The third-order valence-electron chi connectivity index (χ3n) is 2.88. The predicted octanol–water partition coefficient (Wildman–Crippen LogP) is 1.22. The Balaban J connectivity index is 2.30. The van der Waals surface area contributed by atoms with Gasteiger partial charge in [0, 0.05) is 13.2 Å². The Bertz CT molecular complexity index is 309. The second-order valence-corrected chi connectivity index (χ2v) is 4.19. The number of aliphatic hydroxyl groups is 1. The van der Waals surface area contributed by atoms with Crippen LogP contribution in [0.15, 0.2) is 24.3 Å². The van der Waals surface area contributed by atoms with Gasteiger partial charge in [-0.1, -0.05) is 12.1 Å². The minimum atomic E-state index is 0.103. The monoisotopic (exact) mass is 253 g/mol. The average Bonchev–Trinajstić information content (AvgIpc) is 2.42. The summed E-state index contributed by atoms with van der Waals surface area (Å²) in [4.78, 5) is 0. The number of methoxy groups -OCH3 is 1. The average molecular weight is 253 g/mol. The van der Waals surface area contributed by atoms with Crippen LogP contribution in [0.2, 0.25) is 0 Å². The van der Waals surface area contributed by atoms with Crippen LogP contribution in [0.4, 0.5) is 0 Å². The number of hydrogen-bond donors (Lipinski definition) is 2. The minimum Gasteiger partial charge on any atom is -0.494 e. The van der Waals surface area contributed by atoms with E-state index in [0.29, 0.717) is 6.61 Å². The molecule has 0 saturated carbocycles. The van der Waals surface area contributed by atoms with Crippen molar-refractivity contribution in [2.45, 2.75) is 18.9 Å². The molecule has 0 saturated heterocycles. The maximum atomic E-state index is 9.01. The van der Waals surface area contributed by atoms with Crippen LogP contribution in [0, 0.1) is 0 Å². The molecule has 0 aromatic heterocycles. The van der Waals surface area contributed by atoms with Gasteiger partial charge in [-0.05, 0) is 37.6 Å². The number of nitrogens with one attached hydrogen (secondary N) is 1. The molecule has 0 aliphatic carbocycles. The largest absolute Gasteiger partial charge is 0.494 e. The molecule has 0 fully saturated rings. The molecular weight excluding hydrogens is 230 g/mol. The van der Waals surface area contributed by atoms with Gasteiger partial charge < -0.3 is 19.9 Å². The molecule has 1 aromatic rings. The molecule has 4 nitrogen and oxygen atoms in total. The smallest absolute Gasteiger partial charge is 0.119 e. The highest BCUT2D eigenvalue weighted by atomic mass is 16.5.